The smallest absolute Gasteiger partial charge is 0.424 e. The first-order valence-electron chi connectivity index (χ1n) is 7.25. The topological polar surface area (TPSA) is 32.8 Å². The van der Waals surface area contributed by atoms with Gasteiger partial charge in [0.2, 0.25) is 0 Å². The molecule has 1 aromatic carbocycles. The normalized spacial score (nSPS) is 17.1. The Kier molecular flexibility index (Phi) is 4.65. The zero-order valence-electron chi connectivity index (χ0n) is 12.6. The lowest BCUT2D eigenvalue weighted by molar-refractivity contribution is -0.0702. The lowest BCUT2D eigenvalue weighted by Gasteiger charge is -2.39. The first-order valence-corrected chi connectivity index (χ1v) is 7.25. The molecule has 0 atom stereocenters. The minimum atomic E-state index is -0.451. The molecular formula is C16H24N2O2. The van der Waals surface area contributed by atoms with Gasteiger partial charge < -0.3 is 4.74 Å². The van der Waals surface area contributed by atoms with Crippen LogP contribution in [-0.2, 0) is 11.3 Å². The Morgan fingerprint density at radius 1 is 1.15 bits per heavy atom. The molecule has 4 heteroatoms. The fraction of sp³-hybridized carbons (Fsp3) is 0.562. The Bertz CT molecular complexity index is 440. The second-order valence-electron chi connectivity index (χ2n) is 6.18. The van der Waals surface area contributed by atoms with Crippen LogP contribution in [0.3, 0.4) is 0 Å². The van der Waals surface area contributed by atoms with E-state index in [0.717, 1.165) is 32.5 Å². The summed E-state index contributed by atoms with van der Waals surface area (Å²) in [5, 5.41) is 3.84. The van der Waals surface area contributed by atoms with E-state index >= 15 is 0 Å². The van der Waals surface area contributed by atoms with Gasteiger partial charge in [0.05, 0.1) is 0 Å². The van der Waals surface area contributed by atoms with Gasteiger partial charge in [0.1, 0.15) is 5.60 Å². The van der Waals surface area contributed by atoms with Gasteiger partial charge in [-0.25, -0.2) is 14.8 Å². The van der Waals surface area contributed by atoms with Crippen molar-refractivity contribution in [2.45, 2.75) is 45.8 Å². The summed E-state index contributed by atoms with van der Waals surface area (Å²) in [6.45, 7) is 8.08. The Hall–Kier alpha value is -1.55. The van der Waals surface area contributed by atoms with Crippen LogP contribution < -0.4 is 0 Å². The molecule has 1 amide bonds. The Morgan fingerprint density at radius 2 is 1.80 bits per heavy atom. The highest BCUT2D eigenvalue weighted by atomic mass is 16.6. The molecular weight excluding hydrogens is 252 g/mol. The molecule has 0 radical (unpaired) electrons. The number of benzene rings is 1. The number of amides is 1. The largest absolute Gasteiger partial charge is 0.443 e. The molecule has 1 aromatic rings. The second kappa shape index (κ2) is 6.27. The van der Waals surface area contributed by atoms with E-state index in [-0.39, 0.29) is 6.09 Å². The summed E-state index contributed by atoms with van der Waals surface area (Å²) in [6.07, 6.45) is 1.91. The number of hydrazine groups is 1. The Balaban J connectivity index is 2.03. The van der Waals surface area contributed by atoms with Gasteiger partial charge in [-0.1, -0.05) is 30.3 Å². The summed E-state index contributed by atoms with van der Waals surface area (Å²) < 4.78 is 5.49. The summed E-state index contributed by atoms with van der Waals surface area (Å²) in [5.74, 6) is 0. The summed E-state index contributed by atoms with van der Waals surface area (Å²) in [6, 6.07) is 10.2. The summed E-state index contributed by atoms with van der Waals surface area (Å²) in [5.41, 5.74) is 0.760. The van der Waals surface area contributed by atoms with Crippen LogP contribution in [0.1, 0.15) is 39.2 Å². The summed E-state index contributed by atoms with van der Waals surface area (Å²) >= 11 is 0. The van der Waals surface area contributed by atoms with E-state index in [1.807, 2.05) is 39.0 Å². The molecule has 0 N–H and O–H groups in total. The van der Waals surface area contributed by atoms with Gasteiger partial charge in [0.15, 0.2) is 0 Å². The molecule has 1 heterocycles. The molecule has 0 spiro atoms. The fourth-order valence-corrected chi connectivity index (χ4v) is 2.30. The minimum Gasteiger partial charge on any atom is -0.443 e. The van der Waals surface area contributed by atoms with Crippen LogP contribution in [-0.4, -0.2) is 34.8 Å². The predicted molar refractivity (Wildman–Crippen MR) is 79.0 cm³/mol. The molecule has 20 heavy (non-hydrogen) atoms. The van der Waals surface area contributed by atoms with Crippen LogP contribution in [0.25, 0.3) is 0 Å². The maximum absolute atomic E-state index is 12.3. The summed E-state index contributed by atoms with van der Waals surface area (Å²) in [4.78, 5) is 12.3. The first kappa shape index (κ1) is 14.9. The third kappa shape index (κ3) is 4.23. The molecule has 0 bridgehead atoms. The maximum Gasteiger partial charge on any atom is 0.424 e. The highest BCUT2D eigenvalue weighted by Gasteiger charge is 2.28. The van der Waals surface area contributed by atoms with Gasteiger partial charge in [-0.2, -0.15) is 0 Å². The van der Waals surface area contributed by atoms with Crippen molar-refractivity contribution in [2.75, 3.05) is 13.1 Å². The number of carbonyl (C=O) groups excluding carboxylic acids is 1. The highest BCUT2D eigenvalue weighted by molar-refractivity contribution is 5.67. The maximum atomic E-state index is 12.3. The number of ether oxygens (including phenoxy) is 1. The number of hydrogen-bond acceptors (Lipinski definition) is 3. The lowest BCUT2D eigenvalue weighted by atomic mass is 10.2. The molecule has 110 valence electrons. The van der Waals surface area contributed by atoms with Crippen LogP contribution in [0.15, 0.2) is 30.3 Å². The number of nitrogens with zero attached hydrogens (tertiary/aromatic N) is 2. The third-order valence-corrected chi connectivity index (χ3v) is 3.19. The molecule has 1 aliphatic rings. The van der Waals surface area contributed by atoms with Crippen LogP contribution in [0.4, 0.5) is 4.79 Å². The molecule has 0 saturated carbocycles. The van der Waals surface area contributed by atoms with Crippen molar-refractivity contribution < 1.29 is 9.53 Å². The lowest BCUT2D eigenvalue weighted by Crippen LogP contribution is -2.51. The van der Waals surface area contributed by atoms with Gasteiger partial charge in [-0.15, -0.1) is 0 Å². The standard InChI is InChI=1S/C16H24N2O2/c1-16(2,3)20-15(19)18-12-8-7-11-17(18)13-14-9-5-4-6-10-14/h4-6,9-10H,7-8,11-13H2,1-3H3. The number of carbonyl (C=O) groups is 1. The molecule has 0 unspecified atom stereocenters. The quantitative estimate of drug-likeness (QED) is 0.829. The first-order chi connectivity index (χ1) is 9.46. The third-order valence-electron chi connectivity index (χ3n) is 3.19. The molecule has 0 aromatic heterocycles. The van der Waals surface area contributed by atoms with Crippen LogP contribution in [0, 0.1) is 0 Å². The molecule has 1 saturated heterocycles. The van der Waals surface area contributed by atoms with E-state index in [0.29, 0.717) is 0 Å². The van der Waals surface area contributed by atoms with Crippen molar-refractivity contribution in [1.29, 1.82) is 0 Å². The minimum absolute atomic E-state index is 0.242. The van der Waals surface area contributed by atoms with E-state index in [1.165, 1.54) is 5.56 Å². The van der Waals surface area contributed by atoms with Crippen molar-refractivity contribution in [1.82, 2.24) is 10.0 Å². The van der Waals surface area contributed by atoms with Crippen molar-refractivity contribution in [3.05, 3.63) is 35.9 Å². The van der Waals surface area contributed by atoms with Gasteiger partial charge >= 0.3 is 6.09 Å². The fourth-order valence-electron chi connectivity index (χ4n) is 2.30. The Morgan fingerprint density at radius 3 is 2.45 bits per heavy atom. The molecule has 2 rings (SSSR count). The molecule has 4 nitrogen and oxygen atoms in total. The van der Waals surface area contributed by atoms with Gasteiger partial charge in [0.25, 0.3) is 0 Å². The zero-order chi connectivity index (χ0) is 14.6. The SMILES string of the molecule is CC(C)(C)OC(=O)N1CCCCN1Cc1ccccc1. The van der Waals surface area contributed by atoms with Crippen molar-refractivity contribution in [2.24, 2.45) is 0 Å². The van der Waals surface area contributed by atoms with Crippen molar-refractivity contribution in [3.8, 4) is 0 Å². The van der Waals surface area contributed by atoms with Crippen molar-refractivity contribution in [3.63, 3.8) is 0 Å². The molecule has 1 fully saturated rings. The van der Waals surface area contributed by atoms with Gasteiger partial charge in [-0.05, 0) is 39.2 Å². The number of hydrogen-bond donors (Lipinski definition) is 0. The van der Waals surface area contributed by atoms with Crippen LogP contribution in [0.2, 0.25) is 0 Å². The zero-order valence-corrected chi connectivity index (χ0v) is 12.6. The average molecular weight is 276 g/mol. The van der Waals surface area contributed by atoms with E-state index in [1.54, 1.807) is 5.01 Å². The molecule has 1 aliphatic heterocycles. The second-order valence-corrected chi connectivity index (χ2v) is 6.18. The van der Waals surface area contributed by atoms with E-state index < -0.39 is 5.60 Å². The van der Waals surface area contributed by atoms with Gasteiger partial charge in [-0.3, -0.25) is 0 Å². The van der Waals surface area contributed by atoms with Crippen LogP contribution >= 0.6 is 0 Å². The highest BCUT2D eigenvalue weighted by Crippen LogP contribution is 2.18. The van der Waals surface area contributed by atoms with Crippen LogP contribution in [0.5, 0.6) is 0 Å². The van der Waals surface area contributed by atoms with E-state index in [2.05, 4.69) is 17.1 Å². The monoisotopic (exact) mass is 276 g/mol. The summed E-state index contributed by atoms with van der Waals surface area (Å²) in [7, 11) is 0. The number of rotatable bonds is 2. The van der Waals surface area contributed by atoms with E-state index in [9.17, 15) is 4.79 Å². The molecule has 0 aliphatic carbocycles. The predicted octanol–water partition coefficient (Wildman–Crippen LogP) is 3.43. The Labute approximate surface area is 121 Å². The van der Waals surface area contributed by atoms with Gasteiger partial charge in [0, 0.05) is 19.6 Å². The average Bonchev–Trinajstić information content (AvgIpc) is 2.38. The van der Waals surface area contributed by atoms with E-state index in [4.69, 9.17) is 4.74 Å². The van der Waals surface area contributed by atoms with Crippen molar-refractivity contribution >= 4 is 6.09 Å².